The van der Waals surface area contributed by atoms with E-state index in [1.54, 1.807) is 0 Å². The largest absolute Gasteiger partial charge is 0.392 e. The van der Waals surface area contributed by atoms with Crippen molar-refractivity contribution in [2.75, 3.05) is 10.6 Å². The Labute approximate surface area is 143 Å². The average Bonchev–Trinajstić information content (AvgIpc) is 2.56. The predicted molar refractivity (Wildman–Crippen MR) is 98.9 cm³/mol. The number of anilines is 2. The van der Waals surface area contributed by atoms with Gasteiger partial charge in [-0.3, -0.25) is 4.79 Å². The van der Waals surface area contributed by atoms with E-state index in [1.807, 2.05) is 62.4 Å². The average molecular weight is 326 g/mol. The van der Waals surface area contributed by atoms with Crippen molar-refractivity contribution in [1.29, 1.82) is 0 Å². The van der Waals surface area contributed by atoms with Gasteiger partial charge < -0.3 is 15.7 Å². The number of hydrogen-bond acceptors (Lipinski definition) is 3. The molecule has 0 bridgehead atoms. The Kier molecular flexibility index (Phi) is 6.38. The molecule has 2 rings (SSSR count). The fourth-order valence-electron chi connectivity index (χ4n) is 2.53. The molecular formula is C20H26N2O2. The lowest BCUT2D eigenvalue weighted by atomic mass is 10.1. The molecule has 1 unspecified atom stereocenters. The van der Waals surface area contributed by atoms with Crippen molar-refractivity contribution in [1.82, 2.24) is 0 Å². The van der Waals surface area contributed by atoms with Crippen LogP contribution in [0, 0.1) is 5.92 Å². The molecule has 24 heavy (non-hydrogen) atoms. The van der Waals surface area contributed by atoms with Crippen LogP contribution < -0.4 is 10.6 Å². The van der Waals surface area contributed by atoms with E-state index in [9.17, 15) is 9.90 Å². The Morgan fingerprint density at radius 2 is 1.71 bits per heavy atom. The van der Waals surface area contributed by atoms with Crippen molar-refractivity contribution >= 4 is 17.3 Å². The zero-order chi connectivity index (χ0) is 17.5. The minimum Gasteiger partial charge on any atom is -0.392 e. The molecular weight excluding hydrogens is 300 g/mol. The minimum absolute atomic E-state index is 0.0416. The molecule has 0 saturated carbocycles. The minimum atomic E-state index is 0.0416. The topological polar surface area (TPSA) is 61.4 Å². The SMILES string of the molecule is CC(C)CC(=O)Nc1ccc(NC(C)c2cccc(CO)c2)cc1. The maximum atomic E-state index is 11.8. The van der Waals surface area contributed by atoms with Crippen LogP contribution >= 0.6 is 0 Å². The summed E-state index contributed by atoms with van der Waals surface area (Å²) in [5.74, 6) is 0.390. The number of hydrogen-bond donors (Lipinski definition) is 3. The fraction of sp³-hybridized carbons (Fsp3) is 0.350. The highest BCUT2D eigenvalue weighted by molar-refractivity contribution is 5.90. The molecule has 3 N–H and O–H groups in total. The first-order valence-corrected chi connectivity index (χ1v) is 8.34. The Balaban J connectivity index is 1.96. The molecule has 1 atom stereocenters. The normalized spacial score (nSPS) is 12.0. The van der Waals surface area contributed by atoms with Crippen LogP contribution in [-0.2, 0) is 11.4 Å². The van der Waals surface area contributed by atoms with Crippen molar-refractivity contribution in [3.8, 4) is 0 Å². The highest BCUT2D eigenvalue weighted by Gasteiger charge is 2.07. The second-order valence-corrected chi connectivity index (χ2v) is 6.49. The molecule has 0 aliphatic heterocycles. The first-order valence-electron chi connectivity index (χ1n) is 8.34. The molecule has 0 aliphatic rings. The summed E-state index contributed by atoms with van der Waals surface area (Å²) in [6.07, 6.45) is 0.526. The standard InChI is InChI=1S/C20H26N2O2/c1-14(2)11-20(24)22-19-9-7-18(8-10-19)21-15(3)17-6-4-5-16(12-17)13-23/h4-10,12,14-15,21,23H,11,13H2,1-3H3,(H,22,24). The summed E-state index contributed by atoms with van der Waals surface area (Å²) in [6.45, 7) is 6.18. The fourth-order valence-corrected chi connectivity index (χ4v) is 2.53. The molecule has 0 fully saturated rings. The maximum Gasteiger partial charge on any atom is 0.224 e. The van der Waals surface area contributed by atoms with E-state index in [1.165, 1.54) is 0 Å². The summed E-state index contributed by atoms with van der Waals surface area (Å²) in [7, 11) is 0. The van der Waals surface area contributed by atoms with Crippen LogP contribution in [0.1, 0.15) is 44.4 Å². The van der Waals surface area contributed by atoms with Crippen LogP contribution in [-0.4, -0.2) is 11.0 Å². The van der Waals surface area contributed by atoms with Gasteiger partial charge in [0.25, 0.3) is 0 Å². The molecule has 4 heteroatoms. The van der Waals surface area contributed by atoms with E-state index in [-0.39, 0.29) is 18.6 Å². The van der Waals surface area contributed by atoms with Gasteiger partial charge >= 0.3 is 0 Å². The monoisotopic (exact) mass is 326 g/mol. The number of rotatable bonds is 7. The lowest BCUT2D eigenvalue weighted by Crippen LogP contribution is -2.13. The van der Waals surface area contributed by atoms with Gasteiger partial charge in [0, 0.05) is 23.8 Å². The Morgan fingerprint density at radius 3 is 2.33 bits per heavy atom. The Hall–Kier alpha value is -2.33. The van der Waals surface area contributed by atoms with Crippen molar-refractivity contribution in [3.05, 3.63) is 59.7 Å². The van der Waals surface area contributed by atoms with Crippen molar-refractivity contribution in [3.63, 3.8) is 0 Å². The first kappa shape index (κ1) is 18.0. The predicted octanol–water partition coefficient (Wildman–Crippen LogP) is 4.34. The van der Waals surface area contributed by atoms with Gasteiger partial charge in [0.2, 0.25) is 5.91 Å². The molecule has 0 aromatic heterocycles. The number of carbonyl (C=O) groups is 1. The van der Waals surface area contributed by atoms with Crippen LogP contribution in [0.3, 0.4) is 0 Å². The van der Waals surface area contributed by atoms with E-state index in [2.05, 4.69) is 17.6 Å². The van der Waals surface area contributed by atoms with Gasteiger partial charge in [0.15, 0.2) is 0 Å². The quantitative estimate of drug-likeness (QED) is 0.709. The third-order valence-electron chi connectivity index (χ3n) is 3.78. The molecule has 0 spiro atoms. The highest BCUT2D eigenvalue weighted by atomic mass is 16.3. The van der Waals surface area contributed by atoms with Gasteiger partial charge in [-0.15, -0.1) is 0 Å². The number of nitrogens with one attached hydrogen (secondary N) is 2. The summed E-state index contributed by atoms with van der Waals surface area (Å²) < 4.78 is 0. The van der Waals surface area contributed by atoms with Crippen LogP contribution in [0.25, 0.3) is 0 Å². The molecule has 0 radical (unpaired) electrons. The number of carbonyl (C=O) groups excluding carboxylic acids is 1. The molecule has 1 amide bonds. The van der Waals surface area contributed by atoms with E-state index >= 15 is 0 Å². The van der Waals surface area contributed by atoms with Crippen molar-refractivity contribution in [2.24, 2.45) is 5.92 Å². The van der Waals surface area contributed by atoms with Gasteiger partial charge in [-0.2, -0.15) is 0 Å². The molecule has 4 nitrogen and oxygen atoms in total. The summed E-state index contributed by atoms with van der Waals surface area (Å²) in [5.41, 5.74) is 3.82. The summed E-state index contributed by atoms with van der Waals surface area (Å²) in [5, 5.41) is 15.6. The van der Waals surface area contributed by atoms with Crippen LogP contribution in [0.4, 0.5) is 11.4 Å². The van der Waals surface area contributed by atoms with Gasteiger partial charge in [0.05, 0.1) is 6.61 Å². The lowest BCUT2D eigenvalue weighted by Gasteiger charge is -2.17. The van der Waals surface area contributed by atoms with Crippen molar-refractivity contribution < 1.29 is 9.90 Å². The lowest BCUT2D eigenvalue weighted by molar-refractivity contribution is -0.116. The molecule has 0 aliphatic carbocycles. The van der Waals surface area contributed by atoms with Crippen LogP contribution in [0.15, 0.2) is 48.5 Å². The zero-order valence-corrected chi connectivity index (χ0v) is 14.5. The van der Waals surface area contributed by atoms with Gasteiger partial charge in [-0.05, 0) is 48.2 Å². The van der Waals surface area contributed by atoms with E-state index < -0.39 is 0 Å². The van der Waals surface area contributed by atoms with E-state index in [0.717, 1.165) is 22.5 Å². The summed E-state index contributed by atoms with van der Waals surface area (Å²) >= 11 is 0. The van der Waals surface area contributed by atoms with E-state index in [4.69, 9.17) is 0 Å². The molecule has 128 valence electrons. The number of benzene rings is 2. The van der Waals surface area contributed by atoms with Crippen LogP contribution in [0.5, 0.6) is 0 Å². The summed E-state index contributed by atoms with van der Waals surface area (Å²) in [4.78, 5) is 11.8. The molecule has 0 saturated heterocycles. The van der Waals surface area contributed by atoms with E-state index in [0.29, 0.717) is 12.3 Å². The van der Waals surface area contributed by atoms with Crippen LogP contribution in [0.2, 0.25) is 0 Å². The number of amides is 1. The zero-order valence-electron chi connectivity index (χ0n) is 14.5. The Morgan fingerprint density at radius 1 is 1.04 bits per heavy atom. The highest BCUT2D eigenvalue weighted by Crippen LogP contribution is 2.22. The maximum absolute atomic E-state index is 11.8. The second-order valence-electron chi connectivity index (χ2n) is 6.49. The van der Waals surface area contributed by atoms with Gasteiger partial charge in [0.1, 0.15) is 0 Å². The smallest absolute Gasteiger partial charge is 0.224 e. The first-order chi connectivity index (χ1) is 11.5. The Bertz CT molecular complexity index is 666. The number of aliphatic hydroxyl groups is 1. The second kappa shape index (κ2) is 8.50. The van der Waals surface area contributed by atoms with Gasteiger partial charge in [-0.25, -0.2) is 0 Å². The molecule has 2 aromatic rings. The number of aliphatic hydroxyl groups excluding tert-OH is 1. The molecule has 2 aromatic carbocycles. The van der Waals surface area contributed by atoms with Crippen molar-refractivity contribution in [2.45, 2.75) is 39.8 Å². The third kappa shape index (κ3) is 5.39. The summed E-state index contributed by atoms with van der Waals surface area (Å²) in [6, 6.07) is 15.7. The van der Waals surface area contributed by atoms with Gasteiger partial charge in [-0.1, -0.05) is 38.1 Å². The molecule has 0 heterocycles. The third-order valence-corrected chi connectivity index (χ3v) is 3.78.